The van der Waals surface area contributed by atoms with Gasteiger partial charge in [0, 0.05) is 19.1 Å². The van der Waals surface area contributed by atoms with E-state index in [1.807, 2.05) is 34.6 Å². The fraction of sp³-hybridized carbons (Fsp3) is 0.778. The third kappa shape index (κ3) is 6.44. The number of aromatic nitrogens is 2. The molecule has 0 spiro atoms. The van der Waals surface area contributed by atoms with Crippen LogP contribution in [0.15, 0.2) is 10.7 Å². The highest BCUT2D eigenvalue weighted by molar-refractivity contribution is 9.10. The van der Waals surface area contributed by atoms with E-state index in [2.05, 4.69) is 25.9 Å². The molecule has 1 aromatic heterocycles. The van der Waals surface area contributed by atoms with Gasteiger partial charge in [-0.3, -0.25) is 4.90 Å². The second-order valence-corrected chi connectivity index (χ2v) is 9.40. The predicted octanol–water partition coefficient (Wildman–Crippen LogP) is 3.87. The van der Waals surface area contributed by atoms with Crippen molar-refractivity contribution in [2.24, 2.45) is 5.92 Å². The maximum absolute atomic E-state index is 12.6. The predicted molar refractivity (Wildman–Crippen MR) is 109 cm³/mol. The minimum atomic E-state index is -0.523. The second-order valence-electron chi connectivity index (χ2n) is 8.55. The van der Waals surface area contributed by atoms with Crippen molar-refractivity contribution in [3.63, 3.8) is 0 Å². The zero-order valence-electron chi connectivity index (χ0n) is 17.2. The SMILES string of the molecule is CC(C)N(CC1CCCN(Cn2cc(Br)c([N+](=O)[O-])n2)C1)C(=O)OC(C)(C)C. The number of nitro groups is 1. The lowest BCUT2D eigenvalue weighted by atomic mass is 9.97. The standard InChI is InChI=1S/C18H30BrN5O4/c1-13(2)23(17(25)28-18(3,4)5)10-14-7-6-8-21(9-14)12-22-11-15(19)16(20-22)24(26)27/h11,13-14H,6-10,12H2,1-5H3. The Morgan fingerprint density at radius 2 is 2.18 bits per heavy atom. The van der Waals surface area contributed by atoms with Crippen LogP contribution in [0, 0.1) is 16.0 Å². The van der Waals surface area contributed by atoms with E-state index in [4.69, 9.17) is 4.74 Å². The van der Waals surface area contributed by atoms with Crippen molar-refractivity contribution < 1.29 is 14.5 Å². The smallest absolute Gasteiger partial charge is 0.410 e. The zero-order valence-corrected chi connectivity index (χ0v) is 18.8. The quantitative estimate of drug-likeness (QED) is 0.473. The zero-order chi connectivity index (χ0) is 21.1. The van der Waals surface area contributed by atoms with E-state index in [0.717, 1.165) is 25.9 Å². The molecule has 2 rings (SSSR count). The topological polar surface area (TPSA) is 93.7 Å². The van der Waals surface area contributed by atoms with Crippen LogP contribution in [0.4, 0.5) is 10.6 Å². The molecule has 1 atom stereocenters. The van der Waals surface area contributed by atoms with Crippen LogP contribution in [-0.4, -0.2) is 61.9 Å². The van der Waals surface area contributed by atoms with Gasteiger partial charge in [0.1, 0.15) is 16.7 Å². The molecule has 1 saturated heterocycles. The number of hydrogen-bond donors (Lipinski definition) is 0. The molecule has 0 N–H and O–H groups in total. The number of rotatable bonds is 6. The summed E-state index contributed by atoms with van der Waals surface area (Å²) in [5, 5.41) is 15.0. The summed E-state index contributed by atoms with van der Waals surface area (Å²) in [4.78, 5) is 27.0. The maximum Gasteiger partial charge on any atom is 0.410 e. The first-order valence-electron chi connectivity index (χ1n) is 9.55. The Morgan fingerprint density at radius 1 is 1.50 bits per heavy atom. The van der Waals surface area contributed by atoms with E-state index in [1.54, 1.807) is 15.8 Å². The van der Waals surface area contributed by atoms with E-state index in [-0.39, 0.29) is 18.0 Å². The summed E-state index contributed by atoms with van der Waals surface area (Å²) in [6, 6.07) is 0.0509. The molecule has 2 heterocycles. The number of hydrogen-bond acceptors (Lipinski definition) is 6. The highest BCUT2D eigenvalue weighted by atomic mass is 79.9. The van der Waals surface area contributed by atoms with Crippen LogP contribution in [0.5, 0.6) is 0 Å². The van der Waals surface area contributed by atoms with Gasteiger partial charge in [-0.15, -0.1) is 0 Å². The molecule has 0 radical (unpaired) electrons. The van der Waals surface area contributed by atoms with Crippen molar-refractivity contribution in [3.05, 3.63) is 20.8 Å². The summed E-state index contributed by atoms with van der Waals surface area (Å²) in [6.45, 7) is 12.4. The number of halogens is 1. The molecule has 1 fully saturated rings. The molecule has 0 bridgehead atoms. The average Bonchev–Trinajstić information content (AvgIpc) is 2.91. The maximum atomic E-state index is 12.6. The number of nitrogens with zero attached hydrogens (tertiary/aromatic N) is 5. The number of ether oxygens (including phenoxy) is 1. The number of piperidine rings is 1. The highest BCUT2D eigenvalue weighted by Crippen LogP contribution is 2.24. The third-order valence-electron chi connectivity index (χ3n) is 4.53. The molecular formula is C18H30BrN5O4. The van der Waals surface area contributed by atoms with Crippen LogP contribution in [0.2, 0.25) is 0 Å². The van der Waals surface area contributed by atoms with Gasteiger partial charge in [-0.05, 0) is 80.8 Å². The van der Waals surface area contributed by atoms with Gasteiger partial charge in [0.05, 0.1) is 11.3 Å². The molecule has 1 aromatic rings. The van der Waals surface area contributed by atoms with Crippen LogP contribution in [0.25, 0.3) is 0 Å². The third-order valence-corrected chi connectivity index (χ3v) is 5.09. The lowest BCUT2D eigenvalue weighted by molar-refractivity contribution is -0.390. The van der Waals surface area contributed by atoms with Gasteiger partial charge >= 0.3 is 11.9 Å². The first-order chi connectivity index (χ1) is 13.0. The largest absolute Gasteiger partial charge is 0.444 e. The first-order valence-corrected chi connectivity index (χ1v) is 10.3. The molecule has 0 aromatic carbocycles. The molecule has 1 unspecified atom stereocenters. The molecule has 28 heavy (non-hydrogen) atoms. The Morgan fingerprint density at radius 3 is 2.71 bits per heavy atom. The lowest BCUT2D eigenvalue weighted by Crippen LogP contribution is -2.47. The molecule has 158 valence electrons. The monoisotopic (exact) mass is 459 g/mol. The Bertz CT molecular complexity index is 701. The van der Waals surface area contributed by atoms with Gasteiger partial charge in [-0.25, -0.2) is 4.79 Å². The van der Waals surface area contributed by atoms with Crippen LogP contribution >= 0.6 is 15.9 Å². The number of carbonyl (C=O) groups excluding carboxylic acids is 1. The summed E-state index contributed by atoms with van der Waals surface area (Å²) in [5.74, 6) is 0.141. The molecular weight excluding hydrogens is 430 g/mol. The van der Waals surface area contributed by atoms with Crippen molar-refractivity contribution in [2.75, 3.05) is 19.6 Å². The normalized spacial score (nSPS) is 18.3. The van der Waals surface area contributed by atoms with Gasteiger partial charge in [-0.1, -0.05) is 0 Å². The number of likely N-dealkylation sites (tertiary alicyclic amines) is 1. The van der Waals surface area contributed by atoms with Gasteiger partial charge in [0.15, 0.2) is 0 Å². The number of amides is 1. The molecule has 1 amide bonds. The lowest BCUT2D eigenvalue weighted by Gasteiger charge is -2.37. The fourth-order valence-corrected chi connectivity index (χ4v) is 3.77. The van der Waals surface area contributed by atoms with Crippen molar-refractivity contribution in [2.45, 2.75) is 65.8 Å². The molecule has 9 nitrogen and oxygen atoms in total. The Kier molecular flexibility index (Phi) is 7.44. The minimum Gasteiger partial charge on any atom is -0.444 e. The van der Waals surface area contributed by atoms with Crippen LogP contribution in [0.3, 0.4) is 0 Å². The van der Waals surface area contributed by atoms with Gasteiger partial charge in [0.2, 0.25) is 0 Å². The van der Waals surface area contributed by atoms with Gasteiger partial charge < -0.3 is 19.8 Å². The summed E-state index contributed by atoms with van der Waals surface area (Å²) < 4.78 is 7.51. The summed E-state index contributed by atoms with van der Waals surface area (Å²) in [6.07, 6.45) is 3.38. The summed E-state index contributed by atoms with van der Waals surface area (Å²) >= 11 is 3.18. The Balaban J connectivity index is 1.98. The first kappa shape index (κ1) is 22.6. The van der Waals surface area contributed by atoms with Crippen molar-refractivity contribution >= 4 is 27.8 Å². The van der Waals surface area contributed by atoms with Crippen molar-refractivity contribution in [1.82, 2.24) is 19.6 Å². The molecule has 1 aliphatic heterocycles. The Hall–Kier alpha value is -1.68. The van der Waals surface area contributed by atoms with E-state index in [0.29, 0.717) is 23.6 Å². The van der Waals surface area contributed by atoms with Gasteiger partial charge in [0.25, 0.3) is 0 Å². The van der Waals surface area contributed by atoms with E-state index >= 15 is 0 Å². The highest BCUT2D eigenvalue weighted by Gasteiger charge is 2.29. The van der Waals surface area contributed by atoms with Crippen LogP contribution in [-0.2, 0) is 11.4 Å². The number of carbonyl (C=O) groups is 1. The van der Waals surface area contributed by atoms with E-state index in [9.17, 15) is 14.9 Å². The van der Waals surface area contributed by atoms with Crippen LogP contribution in [0.1, 0.15) is 47.5 Å². The summed E-state index contributed by atoms with van der Waals surface area (Å²) in [7, 11) is 0. The second kappa shape index (κ2) is 9.21. The molecule has 10 heteroatoms. The van der Waals surface area contributed by atoms with Crippen LogP contribution < -0.4 is 0 Å². The van der Waals surface area contributed by atoms with E-state index in [1.165, 1.54) is 0 Å². The molecule has 0 saturated carbocycles. The summed E-state index contributed by atoms with van der Waals surface area (Å²) in [5.41, 5.74) is -0.523. The van der Waals surface area contributed by atoms with Gasteiger partial charge in [-0.2, -0.15) is 4.68 Å². The molecule has 0 aliphatic carbocycles. The average molecular weight is 460 g/mol. The Labute approximate surface area is 174 Å². The van der Waals surface area contributed by atoms with Crippen molar-refractivity contribution in [3.8, 4) is 0 Å². The van der Waals surface area contributed by atoms with E-state index < -0.39 is 10.5 Å². The molecule has 1 aliphatic rings. The fourth-order valence-electron chi connectivity index (χ4n) is 3.31. The van der Waals surface area contributed by atoms with Crippen molar-refractivity contribution in [1.29, 1.82) is 0 Å². The minimum absolute atomic E-state index is 0.0509.